The molecule has 2 heterocycles. The van der Waals surface area contributed by atoms with Crippen molar-refractivity contribution in [3.63, 3.8) is 0 Å². The number of hydrogen-bond donors (Lipinski definition) is 4. The Labute approximate surface area is 188 Å². The summed E-state index contributed by atoms with van der Waals surface area (Å²) in [6.45, 7) is 0.276. The van der Waals surface area contributed by atoms with E-state index in [2.05, 4.69) is 25.5 Å². The highest BCUT2D eigenvalue weighted by Gasteiger charge is 2.13. The Bertz CT molecular complexity index is 1430. The molecule has 0 aliphatic carbocycles. The van der Waals surface area contributed by atoms with Crippen molar-refractivity contribution in [3.05, 3.63) is 72.6 Å². The van der Waals surface area contributed by atoms with Crippen molar-refractivity contribution in [2.45, 2.75) is 11.4 Å². The molecule has 0 radical (unpaired) electrons. The average molecular weight is 466 g/mol. The summed E-state index contributed by atoms with van der Waals surface area (Å²) in [4.78, 5) is 18.7. The van der Waals surface area contributed by atoms with Crippen LogP contribution < -0.4 is 15.2 Å². The van der Waals surface area contributed by atoms with Gasteiger partial charge >= 0.3 is 6.09 Å². The Morgan fingerprint density at radius 1 is 1.09 bits per heavy atom. The van der Waals surface area contributed by atoms with E-state index in [1.807, 2.05) is 0 Å². The number of hydrogen-bond acceptors (Lipinski definition) is 8. The lowest BCUT2D eigenvalue weighted by molar-refractivity contribution is 0.200. The lowest BCUT2D eigenvalue weighted by atomic mass is 10.2. The van der Waals surface area contributed by atoms with Crippen molar-refractivity contribution in [2.24, 2.45) is 15.4 Å². The number of ether oxygens (including phenoxy) is 1. The fourth-order valence-electron chi connectivity index (χ4n) is 2.94. The molecule has 2 aromatic heterocycles. The van der Waals surface area contributed by atoms with E-state index in [4.69, 9.17) is 9.88 Å². The normalized spacial score (nSPS) is 11.7. The molecule has 0 unspecified atom stereocenters. The van der Waals surface area contributed by atoms with Crippen molar-refractivity contribution in [1.82, 2.24) is 15.3 Å². The number of fused-ring (bicyclic) bond motifs is 1. The second kappa shape index (κ2) is 9.06. The molecule has 0 spiro atoms. The van der Waals surface area contributed by atoms with Gasteiger partial charge < -0.3 is 20.1 Å². The molecule has 4 rings (SSSR count). The highest BCUT2D eigenvalue weighted by Crippen LogP contribution is 2.38. The van der Waals surface area contributed by atoms with Gasteiger partial charge in [-0.05, 0) is 60.2 Å². The van der Waals surface area contributed by atoms with Gasteiger partial charge in [0.1, 0.15) is 5.75 Å². The van der Waals surface area contributed by atoms with Crippen LogP contribution in [-0.4, -0.2) is 29.6 Å². The van der Waals surface area contributed by atoms with Crippen molar-refractivity contribution in [3.8, 4) is 11.6 Å². The largest absolute Gasteiger partial charge is 0.493 e. The number of amides is 1. The number of nitrogens with zero attached hydrogens (tertiary/aromatic N) is 3. The molecule has 11 nitrogen and oxygen atoms in total. The van der Waals surface area contributed by atoms with E-state index in [1.54, 1.807) is 36.7 Å². The second-order valence-corrected chi connectivity index (χ2v) is 8.43. The third kappa shape index (κ3) is 5.31. The maximum Gasteiger partial charge on any atom is 0.412 e. The fraction of sp³-hybridized carbons (Fsp3) is 0.0476. The van der Waals surface area contributed by atoms with Crippen LogP contribution in [0.2, 0.25) is 0 Å². The number of rotatable bonds is 6. The van der Waals surface area contributed by atoms with Crippen molar-refractivity contribution >= 4 is 38.4 Å². The number of nitrogens with two attached hydrogens (primary N) is 1. The first-order chi connectivity index (χ1) is 15.8. The van der Waals surface area contributed by atoms with Crippen molar-refractivity contribution < 1.29 is 23.1 Å². The van der Waals surface area contributed by atoms with E-state index >= 15 is 0 Å². The van der Waals surface area contributed by atoms with Gasteiger partial charge in [0.25, 0.3) is 0 Å². The predicted molar refractivity (Wildman–Crippen MR) is 119 cm³/mol. The maximum absolute atomic E-state index is 12.1. The number of sulfonamides is 1. The predicted octanol–water partition coefficient (Wildman–Crippen LogP) is 3.62. The number of aromatic nitrogens is 2. The second-order valence-electron chi connectivity index (χ2n) is 6.87. The summed E-state index contributed by atoms with van der Waals surface area (Å²) in [7, 11) is -3.81. The van der Waals surface area contributed by atoms with Crippen molar-refractivity contribution in [1.29, 1.82) is 0 Å². The van der Waals surface area contributed by atoms with E-state index in [-0.39, 0.29) is 28.8 Å². The quantitative estimate of drug-likeness (QED) is 0.316. The monoisotopic (exact) mass is 466 g/mol. The summed E-state index contributed by atoms with van der Waals surface area (Å²) in [5.41, 5.74) is 1.89. The molecule has 33 heavy (non-hydrogen) atoms. The topological polar surface area (TPSA) is 172 Å². The SMILES string of the molecule is NS(=O)(=O)c1ccc(N=Nc2c(O)[nH]c3ccc(OC(=O)NCc4ccncc4)cc23)cc1. The summed E-state index contributed by atoms with van der Waals surface area (Å²) < 4.78 is 28.0. The van der Waals surface area contributed by atoms with Gasteiger partial charge in [-0.15, -0.1) is 5.11 Å². The zero-order chi connectivity index (χ0) is 23.4. The molecule has 0 fully saturated rings. The van der Waals surface area contributed by atoms with Crippen LogP contribution in [-0.2, 0) is 16.6 Å². The van der Waals surface area contributed by atoms with Gasteiger partial charge in [-0.1, -0.05) is 0 Å². The number of carbonyl (C=O) groups excluding carboxylic acids is 1. The van der Waals surface area contributed by atoms with Crippen LogP contribution >= 0.6 is 0 Å². The number of pyridine rings is 1. The summed E-state index contributed by atoms with van der Waals surface area (Å²) in [6, 6.07) is 13.7. The minimum Gasteiger partial charge on any atom is -0.493 e. The summed E-state index contributed by atoms with van der Waals surface area (Å²) in [5, 5.41) is 26.5. The van der Waals surface area contributed by atoms with E-state index in [0.29, 0.717) is 16.6 Å². The van der Waals surface area contributed by atoms with Gasteiger partial charge in [-0.25, -0.2) is 18.4 Å². The van der Waals surface area contributed by atoms with Gasteiger partial charge in [0.15, 0.2) is 5.69 Å². The highest BCUT2D eigenvalue weighted by molar-refractivity contribution is 7.89. The number of aromatic hydroxyl groups is 1. The molecule has 0 bridgehead atoms. The molecule has 12 heteroatoms. The van der Waals surface area contributed by atoms with Crippen LogP contribution in [0.25, 0.3) is 10.9 Å². The minimum atomic E-state index is -3.81. The zero-order valence-corrected chi connectivity index (χ0v) is 17.8. The van der Waals surface area contributed by atoms with Crippen molar-refractivity contribution in [2.75, 3.05) is 0 Å². The Hall–Kier alpha value is -4.29. The number of nitrogens with one attached hydrogen (secondary N) is 2. The van der Waals surface area contributed by atoms with Crippen LogP contribution in [0.15, 0.2) is 82.1 Å². The summed E-state index contributed by atoms with van der Waals surface area (Å²) in [6.07, 6.45) is 2.60. The van der Waals surface area contributed by atoms with Crippen LogP contribution in [0.5, 0.6) is 11.6 Å². The summed E-state index contributed by atoms with van der Waals surface area (Å²) >= 11 is 0. The molecule has 0 saturated carbocycles. The third-order valence-electron chi connectivity index (χ3n) is 4.55. The van der Waals surface area contributed by atoms with Gasteiger partial charge in [-0.2, -0.15) is 5.11 Å². The lowest BCUT2D eigenvalue weighted by Gasteiger charge is -2.07. The van der Waals surface area contributed by atoms with Gasteiger partial charge in [-0.3, -0.25) is 4.98 Å². The Morgan fingerprint density at radius 2 is 1.82 bits per heavy atom. The number of aromatic amines is 1. The van der Waals surface area contributed by atoms with Crippen LogP contribution in [0, 0.1) is 0 Å². The molecular formula is C21H18N6O5S. The van der Waals surface area contributed by atoms with Crippen LogP contribution in [0.1, 0.15) is 5.56 Å². The number of benzene rings is 2. The average Bonchev–Trinajstić information content (AvgIpc) is 3.11. The Morgan fingerprint density at radius 3 is 2.52 bits per heavy atom. The molecule has 0 atom stereocenters. The Kier molecular flexibility index (Phi) is 6.02. The molecule has 0 aliphatic heterocycles. The fourth-order valence-corrected chi connectivity index (χ4v) is 3.45. The maximum atomic E-state index is 12.1. The highest BCUT2D eigenvalue weighted by atomic mass is 32.2. The molecule has 2 aromatic carbocycles. The first kappa shape index (κ1) is 21.9. The van der Waals surface area contributed by atoms with Gasteiger partial charge in [0.05, 0.1) is 16.1 Å². The number of azo groups is 1. The molecule has 168 valence electrons. The molecular weight excluding hydrogens is 448 g/mol. The molecule has 5 N–H and O–H groups in total. The summed E-state index contributed by atoms with van der Waals surface area (Å²) in [5.74, 6) is 0.0110. The van der Waals surface area contributed by atoms with Crippen LogP contribution in [0.3, 0.4) is 0 Å². The van der Waals surface area contributed by atoms with Gasteiger partial charge in [0, 0.05) is 24.3 Å². The van der Waals surface area contributed by atoms with E-state index < -0.39 is 16.1 Å². The smallest absolute Gasteiger partial charge is 0.412 e. The molecule has 1 amide bonds. The molecule has 4 aromatic rings. The first-order valence-electron chi connectivity index (χ1n) is 9.53. The van der Waals surface area contributed by atoms with E-state index in [1.165, 1.54) is 30.3 Å². The Balaban J connectivity index is 1.51. The zero-order valence-electron chi connectivity index (χ0n) is 17.0. The number of primary sulfonamides is 1. The van der Waals surface area contributed by atoms with Crippen LogP contribution in [0.4, 0.5) is 16.2 Å². The number of carbonyl (C=O) groups is 1. The number of H-pyrrole nitrogens is 1. The lowest BCUT2D eigenvalue weighted by Crippen LogP contribution is -2.26. The molecule has 0 saturated heterocycles. The molecule has 0 aliphatic rings. The van der Waals surface area contributed by atoms with E-state index in [0.717, 1.165) is 5.56 Å². The standard InChI is InChI=1S/C21H18N6O5S/c22-33(30,31)16-4-1-14(2-5-16)26-27-19-17-11-15(3-6-18(17)25-20(19)28)32-21(29)24-12-13-7-9-23-10-8-13/h1-11,25,28H,12H2,(H,24,29)(H2,22,30,31). The minimum absolute atomic E-state index is 0.0552. The first-order valence-corrected chi connectivity index (χ1v) is 11.1. The van der Waals surface area contributed by atoms with Gasteiger partial charge in [0.2, 0.25) is 15.9 Å². The van der Waals surface area contributed by atoms with E-state index in [9.17, 15) is 18.3 Å². The third-order valence-corrected chi connectivity index (χ3v) is 5.48.